The van der Waals surface area contributed by atoms with E-state index in [1.807, 2.05) is 5.92 Å². The zero-order valence-corrected chi connectivity index (χ0v) is 18.3. The van der Waals surface area contributed by atoms with E-state index in [4.69, 9.17) is 6.42 Å². The summed E-state index contributed by atoms with van der Waals surface area (Å²) >= 11 is 0. The minimum atomic E-state index is -6.13. The number of hydrogen-bond donors (Lipinski definition) is 1. The van der Waals surface area contributed by atoms with Gasteiger partial charge in [-0.05, 0) is 54.7 Å². The maximum atomic E-state index is 13.4. The number of hydrogen-bond acceptors (Lipinski definition) is 4. The molecule has 3 rings (SSSR count). The number of carbonyl (C=O) groups is 1. The van der Waals surface area contributed by atoms with Gasteiger partial charge >= 0.3 is 12.4 Å². The van der Waals surface area contributed by atoms with Crippen LogP contribution in [0.15, 0.2) is 47.4 Å². The number of alkyl halides is 6. The fraction of sp³-hybridized carbons (Fsp3) is 0.318. The van der Waals surface area contributed by atoms with Gasteiger partial charge in [-0.2, -0.15) is 26.3 Å². The standard InChI is InChI=1S/C22H16F7NO4S/c1-2-17(31)12-16-7-3-13-11-14(20(32,21(24,25)26)22(27,28)29)4-10-19(13)30(16)35(33,34)18-8-5-15(23)6-9-18/h1,4-6,8-11,16,32H,3,7,12H2. The van der Waals surface area contributed by atoms with E-state index in [2.05, 4.69) is 0 Å². The molecule has 13 heteroatoms. The van der Waals surface area contributed by atoms with E-state index in [-0.39, 0.29) is 24.1 Å². The molecule has 0 spiro atoms. The van der Waals surface area contributed by atoms with Crippen LogP contribution in [-0.4, -0.2) is 37.7 Å². The summed E-state index contributed by atoms with van der Waals surface area (Å²) in [7, 11) is -4.56. The van der Waals surface area contributed by atoms with E-state index in [0.29, 0.717) is 22.5 Å². The van der Waals surface area contributed by atoms with Crippen molar-refractivity contribution in [1.29, 1.82) is 0 Å². The van der Waals surface area contributed by atoms with Crippen molar-refractivity contribution in [3.8, 4) is 12.3 Å². The molecule has 5 nitrogen and oxygen atoms in total. The lowest BCUT2D eigenvalue weighted by atomic mass is 9.87. The fourth-order valence-corrected chi connectivity index (χ4v) is 5.57. The zero-order valence-electron chi connectivity index (χ0n) is 17.5. The fourth-order valence-electron chi connectivity index (χ4n) is 3.85. The molecule has 0 saturated carbocycles. The van der Waals surface area contributed by atoms with Crippen LogP contribution in [0.2, 0.25) is 0 Å². The number of aliphatic hydroxyl groups is 1. The van der Waals surface area contributed by atoms with Gasteiger partial charge in [0.25, 0.3) is 15.6 Å². The van der Waals surface area contributed by atoms with E-state index in [1.54, 1.807) is 0 Å². The number of ketones is 1. The second kappa shape index (κ2) is 8.83. The predicted octanol–water partition coefficient (Wildman–Crippen LogP) is 4.24. The Bertz CT molecular complexity index is 1260. The first kappa shape index (κ1) is 26.5. The molecule has 0 saturated heterocycles. The van der Waals surface area contributed by atoms with Crippen molar-refractivity contribution in [1.82, 2.24) is 0 Å². The van der Waals surface area contributed by atoms with E-state index >= 15 is 0 Å². The molecular formula is C22H16F7NO4S. The molecule has 1 atom stereocenters. The molecule has 188 valence electrons. The van der Waals surface area contributed by atoms with Crippen molar-refractivity contribution in [2.24, 2.45) is 0 Å². The largest absolute Gasteiger partial charge is 0.430 e. The van der Waals surface area contributed by atoms with Crippen LogP contribution >= 0.6 is 0 Å². The molecule has 1 heterocycles. The predicted molar refractivity (Wildman–Crippen MR) is 109 cm³/mol. The lowest BCUT2D eigenvalue weighted by molar-refractivity contribution is -0.376. The Morgan fingerprint density at radius 1 is 1.06 bits per heavy atom. The summed E-state index contributed by atoms with van der Waals surface area (Å²) < 4.78 is 121. The quantitative estimate of drug-likeness (QED) is 0.362. The van der Waals surface area contributed by atoms with Crippen molar-refractivity contribution in [3.63, 3.8) is 0 Å². The van der Waals surface area contributed by atoms with Crippen LogP contribution in [0.3, 0.4) is 0 Å². The Kier molecular flexibility index (Phi) is 6.69. The van der Waals surface area contributed by atoms with E-state index in [1.165, 1.54) is 0 Å². The molecule has 0 aliphatic carbocycles. The smallest absolute Gasteiger partial charge is 0.369 e. The third kappa shape index (κ3) is 4.60. The SMILES string of the molecule is C#CC(=O)CC1CCc2cc(C(O)(C(F)(F)F)C(F)(F)F)ccc2N1S(=O)(=O)c1ccc(F)cc1. The molecule has 2 aromatic rings. The Hall–Kier alpha value is -3.11. The van der Waals surface area contributed by atoms with Crippen LogP contribution in [0.4, 0.5) is 36.4 Å². The van der Waals surface area contributed by atoms with Gasteiger partial charge in [-0.1, -0.05) is 12.1 Å². The van der Waals surface area contributed by atoms with Crippen LogP contribution in [0.5, 0.6) is 0 Å². The van der Waals surface area contributed by atoms with Gasteiger partial charge in [0.15, 0.2) is 0 Å². The highest BCUT2D eigenvalue weighted by Gasteiger charge is 2.71. The number of fused-ring (bicyclic) bond motifs is 1. The van der Waals surface area contributed by atoms with Gasteiger partial charge in [0.05, 0.1) is 16.6 Å². The number of anilines is 1. The first-order valence-electron chi connectivity index (χ1n) is 9.82. The summed E-state index contributed by atoms with van der Waals surface area (Å²) in [6.07, 6.45) is -8.07. The molecule has 1 aliphatic heterocycles. The summed E-state index contributed by atoms with van der Waals surface area (Å²) in [5.41, 5.74) is -7.30. The average Bonchev–Trinajstić information content (AvgIpc) is 2.76. The molecule has 2 aromatic carbocycles. The van der Waals surface area contributed by atoms with Gasteiger partial charge in [-0.15, -0.1) is 6.42 Å². The highest BCUT2D eigenvalue weighted by molar-refractivity contribution is 7.92. The van der Waals surface area contributed by atoms with Gasteiger partial charge in [-0.3, -0.25) is 9.10 Å². The van der Waals surface area contributed by atoms with E-state index in [9.17, 15) is 49.1 Å². The molecule has 35 heavy (non-hydrogen) atoms. The molecule has 0 amide bonds. The number of benzene rings is 2. The van der Waals surface area contributed by atoms with E-state index in [0.717, 1.165) is 24.3 Å². The summed E-state index contributed by atoms with van der Waals surface area (Å²) in [5, 5.41) is 9.71. The summed E-state index contributed by atoms with van der Waals surface area (Å²) in [4.78, 5) is 11.4. The van der Waals surface area contributed by atoms with Crippen LogP contribution in [0.1, 0.15) is 24.0 Å². The number of terminal acetylenes is 1. The van der Waals surface area contributed by atoms with Gasteiger partial charge in [0.1, 0.15) is 5.82 Å². The monoisotopic (exact) mass is 523 g/mol. The second-order valence-corrected chi connectivity index (χ2v) is 9.58. The highest BCUT2D eigenvalue weighted by atomic mass is 32.2. The number of halogens is 7. The number of Topliss-reactive ketones (excluding diaryl/α,β-unsaturated/α-hetero) is 1. The molecule has 0 radical (unpaired) electrons. The molecule has 1 aliphatic rings. The summed E-state index contributed by atoms with van der Waals surface area (Å²) in [5.74, 6) is 0.286. The van der Waals surface area contributed by atoms with Crippen molar-refractivity contribution in [3.05, 3.63) is 59.4 Å². The maximum Gasteiger partial charge on any atom is 0.430 e. The first-order valence-corrected chi connectivity index (χ1v) is 11.3. The van der Waals surface area contributed by atoms with Gasteiger partial charge in [-0.25, -0.2) is 12.8 Å². The number of aryl methyl sites for hydroxylation is 1. The zero-order chi connectivity index (χ0) is 26.4. The van der Waals surface area contributed by atoms with Crippen molar-refractivity contribution >= 4 is 21.5 Å². The van der Waals surface area contributed by atoms with Crippen molar-refractivity contribution in [2.45, 2.75) is 48.2 Å². The Morgan fingerprint density at radius 2 is 1.63 bits per heavy atom. The van der Waals surface area contributed by atoms with Crippen LogP contribution in [-0.2, 0) is 26.8 Å². The highest BCUT2D eigenvalue weighted by Crippen LogP contribution is 2.51. The lowest BCUT2D eigenvalue weighted by Gasteiger charge is -2.39. The van der Waals surface area contributed by atoms with Gasteiger partial charge < -0.3 is 5.11 Å². The number of carbonyl (C=O) groups excluding carboxylic acids is 1. The van der Waals surface area contributed by atoms with Crippen LogP contribution in [0, 0.1) is 18.2 Å². The van der Waals surface area contributed by atoms with Crippen molar-refractivity contribution in [2.75, 3.05) is 4.31 Å². The molecule has 0 fully saturated rings. The van der Waals surface area contributed by atoms with Gasteiger partial charge in [0, 0.05) is 12.0 Å². The number of rotatable bonds is 5. The Balaban J connectivity index is 2.21. The van der Waals surface area contributed by atoms with Crippen LogP contribution in [0.25, 0.3) is 0 Å². The molecule has 1 N–H and O–H groups in total. The normalized spacial score (nSPS) is 17.0. The molecule has 0 aromatic heterocycles. The molecule has 1 unspecified atom stereocenters. The maximum absolute atomic E-state index is 13.4. The van der Waals surface area contributed by atoms with E-state index < -0.39 is 62.5 Å². The topological polar surface area (TPSA) is 74.7 Å². The molecular weight excluding hydrogens is 507 g/mol. The average molecular weight is 523 g/mol. The third-order valence-corrected chi connectivity index (χ3v) is 7.47. The summed E-state index contributed by atoms with van der Waals surface area (Å²) in [6.45, 7) is 0. The minimum Gasteiger partial charge on any atom is -0.369 e. The Morgan fingerprint density at radius 3 is 2.14 bits per heavy atom. The van der Waals surface area contributed by atoms with Crippen LogP contribution < -0.4 is 4.31 Å². The van der Waals surface area contributed by atoms with Gasteiger partial charge in [0.2, 0.25) is 5.78 Å². The number of nitrogens with zero attached hydrogens (tertiary/aromatic N) is 1. The first-order chi connectivity index (χ1) is 16.0. The molecule has 0 bridgehead atoms. The second-order valence-electron chi connectivity index (χ2n) is 7.77. The van der Waals surface area contributed by atoms with Crippen molar-refractivity contribution < 1.29 is 49.1 Å². The third-order valence-electron chi connectivity index (χ3n) is 5.59. The lowest BCUT2D eigenvalue weighted by Crippen LogP contribution is -2.54. The Labute approximate surface area is 195 Å². The number of sulfonamides is 1. The minimum absolute atomic E-state index is 0.180. The summed E-state index contributed by atoms with van der Waals surface area (Å²) in [6, 6.07) is 3.85.